The van der Waals surface area contributed by atoms with Crippen LogP contribution in [-0.4, -0.2) is 35.1 Å². The van der Waals surface area contributed by atoms with Gasteiger partial charge in [0.1, 0.15) is 11.8 Å². The van der Waals surface area contributed by atoms with Gasteiger partial charge in [0.2, 0.25) is 0 Å². The van der Waals surface area contributed by atoms with E-state index in [0.29, 0.717) is 22.2 Å². The summed E-state index contributed by atoms with van der Waals surface area (Å²) in [5.74, 6) is -1.01. The molecule has 0 aliphatic carbocycles. The molecular formula is C22H22N2O4. The molecule has 0 radical (unpaired) electrons. The number of para-hydroxylation sites is 1. The second-order valence-corrected chi connectivity index (χ2v) is 6.83. The Kier molecular flexibility index (Phi) is 5.59. The number of carboxylic acid groups (broad SMARTS) is 1. The molecule has 6 heteroatoms. The van der Waals surface area contributed by atoms with Crippen LogP contribution in [-0.2, 0) is 4.79 Å². The molecule has 0 saturated carbocycles. The summed E-state index contributed by atoms with van der Waals surface area (Å²) in [5.41, 5.74) is 2.52. The smallest absolute Gasteiger partial charge is 0.326 e. The van der Waals surface area contributed by atoms with Gasteiger partial charge in [-0.1, -0.05) is 32.0 Å². The van der Waals surface area contributed by atoms with Crippen molar-refractivity contribution in [1.82, 2.24) is 10.3 Å². The summed E-state index contributed by atoms with van der Waals surface area (Å²) >= 11 is 0. The summed E-state index contributed by atoms with van der Waals surface area (Å²) in [4.78, 5) is 29.1. The molecule has 0 bridgehead atoms. The van der Waals surface area contributed by atoms with Crippen LogP contribution in [0.4, 0.5) is 0 Å². The van der Waals surface area contributed by atoms with E-state index < -0.39 is 17.9 Å². The minimum atomic E-state index is -1.06. The second-order valence-electron chi connectivity index (χ2n) is 6.83. The molecule has 1 amide bonds. The maximum Gasteiger partial charge on any atom is 0.326 e. The third kappa shape index (κ3) is 3.96. The van der Waals surface area contributed by atoms with E-state index in [1.165, 1.54) is 0 Å². The zero-order chi connectivity index (χ0) is 20.3. The molecule has 0 fully saturated rings. The van der Waals surface area contributed by atoms with Crippen LogP contribution in [0.3, 0.4) is 0 Å². The van der Waals surface area contributed by atoms with Gasteiger partial charge >= 0.3 is 5.97 Å². The lowest BCUT2D eigenvalue weighted by Gasteiger charge is -2.19. The van der Waals surface area contributed by atoms with E-state index in [1.54, 1.807) is 33.1 Å². The Bertz CT molecular complexity index is 1010. The van der Waals surface area contributed by atoms with Crippen LogP contribution in [0.2, 0.25) is 0 Å². The Morgan fingerprint density at radius 2 is 1.75 bits per heavy atom. The maximum atomic E-state index is 12.9. The monoisotopic (exact) mass is 378 g/mol. The number of methoxy groups -OCH3 is 1. The number of aliphatic carboxylic acids is 1. The van der Waals surface area contributed by atoms with Crippen molar-refractivity contribution >= 4 is 22.8 Å². The molecular weight excluding hydrogens is 356 g/mol. The van der Waals surface area contributed by atoms with Crippen molar-refractivity contribution in [1.29, 1.82) is 0 Å². The van der Waals surface area contributed by atoms with Gasteiger partial charge in [0, 0.05) is 10.9 Å². The number of benzene rings is 2. The van der Waals surface area contributed by atoms with Crippen LogP contribution in [0.5, 0.6) is 5.75 Å². The fraction of sp³-hybridized carbons (Fsp3) is 0.227. The first-order chi connectivity index (χ1) is 13.4. The number of carbonyl (C=O) groups is 2. The van der Waals surface area contributed by atoms with Gasteiger partial charge in [-0.3, -0.25) is 4.79 Å². The minimum Gasteiger partial charge on any atom is -0.497 e. The Hall–Kier alpha value is -3.41. The van der Waals surface area contributed by atoms with E-state index in [9.17, 15) is 14.7 Å². The van der Waals surface area contributed by atoms with Crippen molar-refractivity contribution in [3.63, 3.8) is 0 Å². The van der Waals surface area contributed by atoms with Crippen molar-refractivity contribution in [3.05, 3.63) is 60.2 Å². The molecule has 28 heavy (non-hydrogen) atoms. The Morgan fingerprint density at radius 3 is 2.36 bits per heavy atom. The summed E-state index contributed by atoms with van der Waals surface area (Å²) in [6.45, 7) is 3.51. The summed E-state index contributed by atoms with van der Waals surface area (Å²) in [5, 5.41) is 12.7. The number of carbonyl (C=O) groups excluding carboxylic acids is 1. The molecule has 3 rings (SSSR count). The van der Waals surface area contributed by atoms with Crippen molar-refractivity contribution in [2.24, 2.45) is 5.92 Å². The number of nitrogens with one attached hydrogen (secondary N) is 1. The molecule has 1 unspecified atom stereocenters. The lowest BCUT2D eigenvalue weighted by atomic mass is 10.0. The molecule has 1 heterocycles. The normalized spacial score (nSPS) is 12.0. The fourth-order valence-corrected chi connectivity index (χ4v) is 3.01. The first-order valence-electron chi connectivity index (χ1n) is 8.98. The van der Waals surface area contributed by atoms with Gasteiger partial charge in [-0.05, 0) is 42.3 Å². The van der Waals surface area contributed by atoms with Gasteiger partial charge in [0.15, 0.2) is 0 Å². The molecule has 0 saturated heterocycles. The largest absolute Gasteiger partial charge is 0.497 e. The number of hydrogen-bond donors (Lipinski definition) is 2. The molecule has 6 nitrogen and oxygen atoms in total. The molecule has 0 aliphatic rings. The van der Waals surface area contributed by atoms with Crippen molar-refractivity contribution in [2.45, 2.75) is 19.9 Å². The minimum absolute atomic E-state index is 0.240. The average molecular weight is 378 g/mol. The summed E-state index contributed by atoms with van der Waals surface area (Å²) in [6.07, 6.45) is 0. The molecule has 0 spiro atoms. The number of rotatable bonds is 6. The Labute approximate surface area is 163 Å². The van der Waals surface area contributed by atoms with E-state index in [0.717, 1.165) is 11.3 Å². The maximum absolute atomic E-state index is 12.9. The van der Waals surface area contributed by atoms with Crippen LogP contribution in [0.15, 0.2) is 54.6 Å². The Balaban J connectivity index is 2.07. The lowest BCUT2D eigenvalue weighted by molar-refractivity contribution is -0.140. The highest BCUT2D eigenvalue weighted by Gasteiger charge is 2.25. The fourth-order valence-electron chi connectivity index (χ4n) is 3.01. The molecule has 1 atom stereocenters. The van der Waals surface area contributed by atoms with Crippen LogP contribution in [0, 0.1) is 5.92 Å². The van der Waals surface area contributed by atoms with E-state index in [2.05, 4.69) is 10.3 Å². The average Bonchev–Trinajstić information content (AvgIpc) is 2.70. The van der Waals surface area contributed by atoms with Gasteiger partial charge < -0.3 is 15.2 Å². The predicted octanol–water partition coefficient (Wildman–Crippen LogP) is 3.75. The highest BCUT2D eigenvalue weighted by molar-refractivity contribution is 6.08. The number of carboxylic acids is 1. The first kappa shape index (κ1) is 19.4. The predicted molar refractivity (Wildman–Crippen MR) is 107 cm³/mol. The van der Waals surface area contributed by atoms with Crippen LogP contribution in [0.25, 0.3) is 22.2 Å². The third-order valence-electron chi connectivity index (χ3n) is 4.57. The second kappa shape index (κ2) is 8.08. The van der Waals surface area contributed by atoms with Gasteiger partial charge in [-0.15, -0.1) is 0 Å². The number of hydrogen-bond acceptors (Lipinski definition) is 4. The first-order valence-corrected chi connectivity index (χ1v) is 8.98. The SMILES string of the molecule is COc1ccc(-c2cc(C(=O)NC(C(=O)O)C(C)C)c3ccccc3n2)cc1. The van der Waals surface area contributed by atoms with Crippen LogP contribution < -0.4 is 10.1 Å². The standard InChI is InChI=1S/C22H22N2O4/c1-13(2)20(22(26)27)24-21(25)17-12-19(14-8-10-15(28-3)11-9-14)23-18-7-5-4-6-16(17)18/h4-13,20H,1-3H3,(H,24,25)(H,26,27). The summed E-state index contributed by atoms with van der Waals surface area (Å²) < 4.78 is 5.19. The van der Waals surface area contributed by atoms with Crippen LogP contribution >= 0.6 is 0 Å². The summed E-state index contributed by atoms with van der Waals surface area (Å²) in [7, 11) is 1.60. The van der Waals surface area contributed by atoms with E-state index in [-0.39, 0.29) is 5.92 Å². The number of nitrogens with zero attached hydrogens (tertiary/aromatic N) is 1. The van der Waals surface area contributed by atoms with Crippen molar-refractivity contribution in [3.8, 4) is 17.0 Å². The van der Waals surface area contributed by atoms with E-state index in [4.69, 9.17) is 4.74 Å². The van der Waals surface area contributed by atoms with Gasteiger partial charge in [-0.2, -0.15) is 0 Å². The highest BCUT2D eigenvalue weighted by atomic mass is 16.5. The quantitative estimate of drug-likeness (QED) is 0.682. The molecule has 0 aliphatic heterocycles. The molecule has 144 valence electrons. The van der Waals surface area contributed by atoms with Crippen molar-refractivity contribution in [2.75, 3.05) is 7.11 Å². The Morgan fingerprint density at radius 1 is 1.07 bits per heavy atom. The van der Waals surface area contributed by atoms with Gasteiger partial charge in [0.25, 0.3) is 5.91 Å². The van der Waals surface area contributed by atoms with Crippen molar-refractivity contribution < 1.29 is 19.4 Å². The van der Waals surface area contributed by atoms with E-state index in [1.807, 2.05) is 42.5 Å². The molecule has 1 aromatic heterocycles. The zero-order valence-corrected chi connectivity index (χ0v) is 16.0. The molecule has 2 aromatic carbocycles. The highest BCUT2D eigenvalue weighted by Crippen LogP contribution is 2.26. The third-order valence-corrected chi connectivity index (χ3v) is 4.57. The van der Waals surface area contributed by atoms with E-state index >= 15 is 0 Å². The zero-order valence-electron chi connectivity index (χ0n) is 16.0. The molecule has 3 aromatic rings. The van der Waals surface area contributed by atoms with Gasteiger partial charge in [0.05, 0.1) is 23.9 Å². The number of aromatic nitrogens is 1. The lowest BCUT2D eigenvalue weighted by Crippen LogP contribution is -2.44. The number of pyridine rings is 1. The number of amides is 1. The number of fused-ring (bicyclic) bond motifs is 1. The topological polar surface area (TPSA) is 88.5 Å². The molecule has 2 N–H and O–H groups in total. The summed E-state index contributed by atoms with van der Waals surface area (Å²) in [6, 6.07) is 15.4. The van der Waals surface area contributed by atoms with Crippen LogP contribution in [0.1, 0.15) is 24.2 Å². The number of ether oxygens (including phenoxy) is 1. The van der Waals surface area contributed by atoms with Gasteiger partial charge in [-0.25, -0.2) is 9.78 Å².